The summed E-state index contributed by atoms with van der Waals surface area (Å²) in [7, 11) is 0. The van der Waals surface area contributed by atoms with Gasteiger partial charge in [-0.2, -0.15) is 0 Å². The Morgan fingerprint density at radius 2 is 1.35 bits per heavy atom. The second-order valence-electron chi connectivity index (χ2n) is 7.36. The van der Waals surface area contributed by atoms with Gasteiger partial charge in [-0.05, 0) is 63.5 Å². The predicted molar refractivity (Wildman–Crippen MR) is 133 cm³/mol. The Kier molecular flexibility index (Phi) is 4.44. The van der Waals surface area contributed by atoms with Crippen LogP contribution in [0.15, 0.2) is 101 Å². The molecule has 0 saturated heterocycles. The fraction of sp³-hybridized carbons (Fsp3) is 0. The van der Waals surface area contributed by atoms with Crippen molar-refractivity contribution in [3.05, 3.63) is 101 Å². The van der Waals surface area contributed by atoms with E-state index in [1.165, 1.54) is 38.6 Å². The molecule has 0 fully saturated rings. The quantitative estimate of drug-likeness (QED) is 0.258. The first kappa shape index (κ1) is 18.5. The Morgan fingerprint density at radius 1 is 0.613 bits per heavy atom. The van der Waals surface area contributed by atoms with E-state index in [2.05, 4.69) is 128 Å². The number of rotatable bonds is 3. The van der Waals surface area contributed by atoms with Crippen LogP contribution in [-0.2, 0) is 0 Å². The topological polar surface area (TPSA) is 30.7 Å². The summed E-state index contributed by atoms with van der Waals surface area (Å²) in [5, 5.41) is 11.8. The first-order valence-electron chi connectivity index (χ1n) is 9.96. The lowest BCUT2D eigenvalue weighted by Gasteiger charge is -2.08. The summed E-state index contributed by atoms with van der Waals surface area (Å²) < 4.78 is 3.13. The number of para-hydroxylation sites is 2. The molecule has 148 valence electrons. The SMILES string of the molecule is Brc1nnc(-c2cccc(-c3ccc4c(c3)c3ccccc3n4-c3ccccc3)c2)s1. The summed E-state index contributed by atoms with van der Waals surface area (Å²) in [6.45, 7) is 0. The molecule has 0 amide bonds. The van der Waals surface area contributed by atoms with Crippen LogP contribution in [0.3, 0.4) is 0 Å². The largest absolute Gasteiger partial charge is 0.309 e. The molecule has 2 aromatic heterocycles. The van der Waals surface area contributed by atoms with Gasteiger partial charge in [0, 0.05) is 22.0 Å². The van der Waals surface area contributed by atoms with Crippen molar-refractivity contribution in [2.45, 2.75) is 0 Å². The van der Waals surface area contributed by atoms with Crippen LogP contribution >= 0.6 is 27.3 Å². The third-order valence-electron chi connectivity index (χ3n) is 5.53. The standard InChI is InChI=1S/C26H16BrN3S/c27-26-29-28-25(31-26)19-8-6-7-17(15-19)18-13-14-24-22(16-18)21-11-4-5-12-23(21)30(24)20-9-2-1-3-10-20/h1-16H. The third-order valence-corrected chi connectivity index (χ3v) is 6.94. The Hall–Kier alpha value is -3.28. The third kappa shape index (κ3) is 3.17. The highest BCUT2D eigenvalue weighted by Crippen LogP contribution is 2.36. The Labute approximate surface area is 191 Å². The summed E-state index contributed by atoms with van der Waals surface area (Å²) in [6.07, 6.45) is 0. The summed E-state index contributed by atoms with van der Waals surface area (Å²) >= 11 is 4.95. The van der Waals surface area contributed by atoms with Crippen LogP contribution in [-0.4, -0.2) is 14.8 Å². The van der Waals surface area contributed by atoms with E-state index >= 15 is 0 Å². The molecule has 0 aliphatic carbocycles. The minimum absolute atomic E-state index is 0.794. The molecule has 0 atom stereocenters. The second-order valence-corrected chi connectivity index (χ2v) is 9.61. The Bertz CT molecular complexity index is 1550. The number of nitrogens with zero attached hydrogens (tertiary/aromatic N) is 3. The summed E-state index contributed by atoms with van der Waals surface area (Å²) in [5.74, 6) is 0. The van der Waals surface area contributed by atoms with Gasteiger partial charge in [-0.25, -0.2) is 0 Å². The van der Waals surface area contributed by atoms with Crippen LogP contribution < -0.4 is 0 Å². The molecule has 6 aromatic rings. The van der Waals surface area contributed by atoms with Gasteiger partial charge in [0.1, 0.15) is 5.01 Å². The molecule has 0 N–H and O–H groups in total. The smallest absolute Gasteiger partial charge is 0.183 e. The molecule has 0 saturated carbocycles. The van der Waals surface area contributed by atoms with Gasteiger partial charge in [0.25, 0.3) is 0 Å². The maximum absolute atomic E-state index is 4.27. The van der Waals surface area contributed by atoms with Crippen molar-refractivity contribution in [2.75, 3.05) is 0 Å². The first-order chi connectivity index (χ1) is 15.3. The number of aromatic nitrogens is 3. The van der Waals surface area contributed by atoms with Crippen molar-refractivity contribution in [3.63, 3.8) is 0 Å². The number of benzene rings is 4. The van der Waals surface area contributed by atoms with E-state index in [0.717, 1.165) is 14.5 Å². The molecule has 0 spiro atoms. The van der Waals surface area contributed by atoms with Gasteiger partial charge in [0.05, 0.1) is 11.0 Å². The molecule has 6 rings (SSSR count). The molecule has 2 heterocycles. The van der Waals surface area contributed by atoms with Crippen molar-refractivity contribution < 1.29 is 0 Å². The lowest BCUT2D eigenvalue weighted by Crippen LogP contribution is -1.92. The first-order valence-corrected chi connectivity index (χ1v) is 11.6. The fourth-order valence-electron chi connectivity index (χ4n) is 4.16. The number of halogens is 1. The maximum Gasteiger partial charge on any atom is 0.183 e. The number of hydrogen-bond acceptors (Lipinski definition) is 3. The van der Waals surface area contributed by atoms with Gasteiger partial charge in [-0.1, -0.05) is 72.0 Å². The lowest BCUT2D eigenvalue weighted by atomic mass is 10.0. The molecule has 4 aromatic carbocycles. The minimum atomic E-state index is 0.794. The van der Waals surface area contributed by atoms with Crippen LogP contribution in [0.2, 0.25) is 0 Å². The van der Waals surface area contributed by atoms with Gasteiger partial charge >= 0.3 is 0 Å². The van der Waals surface area contributed by atoms with Crippen molar-refractivity contribution in [2.24, 2.45) is 0 Å². The van der Waals surface area contributed by atoms with Gasteiger partial charge in [0.2, 0.25) is 0 Å². The highest BCUT2D eigenvalue weighted by molar-refractivity contribution is 9.11. The van der Waals surface area contributed by atoms with E-state index < -0.39 is 0 Å². The molecule has 0 aliphatic heterocycles. The average molecular weight is 482 g/mol. The molecule has 31 heavy (non-hydrogen) atoms. The Balaban J connectivity index is 1.56. The van der Waals surface area contributed by atoms with Crippen LogP contribution in [0.4, 0.5) is 0 Å². The van der Waals surface area contributed by atoms with Crippen molar-refractivity contribution >= 4 is 49.1 Å². The minimum Gasteiger partial charge on any atom is -0.309 e. The zero-order valence-corrected chi connectivity index (χ0v) is 18.8. The van der Waals surface area contributed by atoms with E-state index in [9.17, 15) is 0 Å². The van der Waals surface area contributed by atoms with Crippen molar-refractivity contribution in [1.82, 2.24) is 14.8 Å². The zero-order chi connectivity index (χ0) is 20.8. The van der Waals surface area contributed by atoms with Crippen LogP contribution in [0.5, 0.6) is 0 Å². The zero-order valence-electron chi connectivity index (χ0n) is 16.4. The summed E-state index contributed by atoms with van der Waals surface area (Å²) in [4.78, 5) is 0. The molecular formula is C26H16BrN3S. The van der Waals surface area contributed by atoms with Crippen LogP contribution in [0.25, 0.3) is 49.2 Å². The molecule has 0 unspecified atom stereocenters. The molecule has 0 aliphatic rings. The molecule has 3 nitrogen and oxygen atoms in total. The van der Waals surface area contributed by atoms with E-state index in [4.69, 9.17) is 0 Å². The van der Waals surface area contributed by atoms with Gasteiger partial charge in [-0.3, -0.25) is 0 Å². The van der Waals surface area contributed by atoms with Gasteiger partial charge in [-0.15, -0.1) is 10.2 Å². The Morgan fingerprint density at radius 3 is 2.19 bits per heavy atom. The normalized spacial score (nSPS) is 11.4. The van der Waals surface area contributed by atoms with Crippen molar-refractivity contribution in [3.8, 4) is 27.4 Å². The highest BCUT2D eigenvalue weighted by Gasteiger charge is 2.13. The summed E-state index contributed by atoms with van der Waals surface area (Å²) in [6, 6.07) is 34.4. The maximum atomic E-state index is 4.27. The molecule has 0 bridgehead atoms. The predicted octanol–water partition coefficient (Wildman–Crippen LogP) is 7.73. The van der Waals surface area contributed by atoms with E-state index in [-0.39, 0.29) is 0 Å². The molecule has 5 heteroatoms. The highest BCUT2D eigenvalue weighted by atomic mass is 79.9. The van der Waals surface area contributed by atoms with Crippen LogP contribution in [0, 0.1) is 0 Å². The molecular weight excluding hydrogens is 466 g/mol. The van der Waals surface area contributed by atoms with E-state index in [0.29, 0.717) is 0 Å². The number of fused-ring (bicyclic) bond motifs is 3. The van der Waals surface area contributed by atoms with E-state index in [1.54, 1.807) is 11.3 Å². The monoisotopic (exact) mass is 481 g/mol. The van der Waals surface area contributed by atoms with Crippen LogP contribution in [0.1, 0.15) is 0 Å². The van der Waals surface area contributed by atoms with Crippen molar-refractivity contribution in [1.29, 1.82) is 0 Å². The number of hydrogen-bond donors (Lipinski definition) is 0. The fourth-order valence-corrected chi connectivity index (χ4v) is 5.27. The van der Waals surface area contributed by atoms with E-state index in [1.807, 2.05) is 0 Å². The van der Waals surface area contributed by atoms with Gasteiger partial charge in [0.15, 0.2) is 3.92 Å². The average Bonchev–Trinajstić information content (AvgIpc) is 3.41. The molecule has 0 radical (unpaired) electrons. The second kappa shape index (κ2) is 7.45. The van der Waals surface area contributed by atoms with Gasteiger partial charge < -0.3 is 4.57 Å². The lowest BCUT2D eigenvalue weighted by molar-refractivity contribution is 1.08. The summed E-state index contributed by atoms with van der Waals surface area (Å²) in [5.41, 5.74) is 7.03.